The molecule has 26 heavy (non-hydrogen) atoms. The van der Waals surface area contributed by atoms with E-state index in [1.807, 2.05) is 4.90 Å². The number of morpholine rings is 1. The molecule has 2 aromatic heterocycles. The molecular formula is C18H19F3N4O. The highest BCUT2D eigenvalue weighted by atomic mass is 19.4. The van der Waals surface area contributed by atoms with Crippen LogP contribution >= 0.6 is 0 Å². The van der Waals surface area contributed by atoms with Crippen LogP contribution in [-0.4, -0.2) is 40.2 Å². The molecule has 8 heteroatoms. The molecule has 0 unspecified atom stereocenters. The van der Waals surface area contributed by atoms with Gasteiger partial charge in [-0.3, -0.25) is 4.98 Å². The van der Waals surface area contributed by atoms with E-state index in [2.05, 4.69) is 15.0 Å². The Balaban J connectivity index is 1.77. The summed E-state index contributed by atoms with van der Waals surface area (Å²) in [5, 5.41) is 0. The van der Waals surface area contributed by atoms with E-state index < -0.39 is 11.9 Å². The van der Waals surface area contributed by atoms with E-state index in [0.29, 0.717) is 24.5 Å². The van der Waals surface area contributed by atoms with Gasteiger partial charge in [0.05, 0.1) is 18.8 Å². The van der Waals surface area contributed by atoms with Crippen LogP contribution in [0.5, 0.6) is 0 Å². The van der Waals surface area contributed by atoms with Gasteiger partial charge in [-0.15, -0.1) is 0 Å². The maximum atomic E-state index is 13.4. The van der Waals surface area contributed by atoms with Crippen LogP contribution in [0.25, 0.3) is 11.4 Å². The summed E-state index contributed by atoms with van der Waals surface area (Å²) < 4.78 is 46.1. The quantitative estimate of drug-likeness (QED) is 0.813. The van der Waals surface area contributed by atoms with Crippen molar-refractivity contribution < 1.29 is 17.9 Å². The minimum atomic E-state index is -4.53. The average molecular weight is 364 g/mol. The number of aromatic nitrogens is 3. The first-order chi connectivity index (χ1) is 12.5. The highest BCUT2D eigenvalue weighted by molar-refractivity contribution is 5.58. The fraction of sp³-hybridized carbons (Fsp3) is 0.500. The molecular weight excluding hydrogens is 345 g/mol. The fourth-order valence-corrected chi connectivity index (χ4v) is 3.74. The minimum absolute atomic E-state index is 0.0613. The Bertz CT molecular complexity index is 767. The van der Waals surface area contributed by atoms with E-state index in [9.17, 15) is 13.2 Å². The zero-order valence-corrected chi connectivity index (χ0v) is 14.1. The van der Waals surface area contributed by atoms with Crippen LogP contribution in [0.3, 0.4) is 0 Å². The summed E-state index contributed by atoms with van der Waals surface area (Å²) in [7, 11) is 0. The number of hydrogen-bond donors (Lipinski definition) is 0. The number of hydrogen-bond acceptors (Lipinski definition) is 5. The summed E-state index contributed by atoms with van der Waals surface area (Å²) in [5.74, 6) is 0.385. The molecule has 1 aliphatic heterocycles. The maximum absolute atomic E-state index is 13.4. The van der Waals surface area contributed by atoms with E-state index in [4.69, 9.17) is 4.74 Å². The van der Waals surface area contributed by atoms with Gasteiger partial charge >= 0.3 is 6.18 Å². The third-order valence-electron chi connectivity index (χ3n) is 4.97. The lowest BCUT2D eigenvalue weighted by Gasteiger charge is -2.44. The molecule has 2 aliphatic rings. The second-order valence-corrected chi connectivity index (χ2v) is 6.62. The highest BCUT2D eigenvalue weighted by Crippen LogP contribution is 2.35. The minimum Gasteiger partial charge on any atom is -0.374 e. The van der Waals surface area contributed by atoms with Gasteiger partial charge in [0.1, 0.15) is 5.82 Å². The topological polar surface area (TPSA) is 51.1 Å². The van der Waals surface area contributed by atoms with Crippen LogP contribution in [0, 0.1) is 0 Å². The van der Waals surface area contributed by atoms with Gasteiger partial charge in [-0.1, -0.05) is 12.8 Å². The normalized spacial score (nSPS) is 23.6. The number of nitrogens with zero attached hydrogens (tertiary/aromatic N) is 4. The Morgan fingerprint density at radius 1 is 1.08 bits per heavy atom. The van der Waals surface area contributed by atoms with Gasteiger partial charge in [-0.2, -0.15) is 13.2 Å². The molecule has 0 spiro atoms. The lowest BCUT2D eigenvalue weighted by atomic mass is 9.90. The summed E-state index contributed by atoms with van der Waals surface area (Å²) >= 11 is 0. The summed E-state index contributed by atoms with van der Waals surface area (Å²) in [5.41, 5.74) is -0.408. The molecule has 138 valence electrons. The molecule has 0 amide bonds. The van der Waals surface area contributed by atoms with Crippen molar-refractivity contribution in [2.45, 2.75) is 44.0 Å². The summed E-state index contributed by atoms with van der Waals surface area (Å²) in [6, 6.07) is 4.35. The second-order valence-electron chi connectivity index (χ2n) is 6.62. The molecule has 4 rings (SSSR count). The first kappa shape index (κ1) is 17.2. The van der Waals surface area contributed by atoms with Crippen molar-refractivity contribution in [2.24, 2.45) is 0 Å². The summed E-state index contributed by atoms with van der Waals surface area (Å²) in [6.45, 7) is 1.03. The van der Waals surface area contributed by atoms with Crippen molar-refractivity contribution in [3.8, 4) is 11.4 Å². The lowest BCUT2D eigenvalue weighted by molar-refractivity contribution is -0.141. The second kappa shape index (κ2) is 6.83. The molecule has 0 bridgehead atoms. The van der Waals surface area contributed by atoms with Crippen LogP contribution in [0.2, 0.25) is 0 Å². The maximum Gasteiger partial charge on any atom is 0.433 e. The Morgan fingerprint density at radius 2 is 1.85 bits per heavy atom. The number of pyridine rings is 1. The van der Waals surface area contributed by atoms with Crippen LogP contribution in [-0.2, 0) is 10.9 Å². The molecule has 1 aliphatic carbocycles. The molecule has 0 N–H and O–H groups in total. The molecule has 2 fully saturated rings. The van der Waals surface area contributed by atoms with Crippen molar-refractivity contribution >= 4 is 5.82 Å². The summed E-state index contributed by atoms with van der Waals surface area (Å²) in [4.78, 5) is 14.1. The van der Waals surface area contributed by atoms with Crippen LogP contribution in [0.4, 0.5) is 19.0 Å². The lowest BCUT2D eigenvalue weighted by Crippen LogP contribution is -2.53. The Morgan fingerprint density at radius 3 is 2.62 bits per heavy atom. The zero-order chi connectivity index (χ0) is 18.1. The number of halogens is 3. The third kappa shape index (κ3) is 3.38. The van der Waals surface area contributed by atoms with E-state index in [-0.39, 0.29) is 18.0 Å². The zero-order valence-electron chi connectivity index (χ0n) is 14.1. The van der Waals surface area contributed by atoms with E-state index >= 15 is 0 Å². The molecule has 1 saturated carbocycles. The largest absolute Gasteiger partial charge is 0.433 e. The average Bonchev–Trinajstić information content (AvgIpc) is 2.67. The Hall–Kier alpha value is -2.22. The van der Waals surface area contributed by atoms with Gasteiger partial charge in [0, 0.05) is 30.6 Å². The van der Waals surface area contributed by atoms with Crippen LogP contribution in [0.1, 0.15) is 31.4 Å². The van der Waals surface area contributed by atoms with Gasteiger partial charge in [0.25, 0.3) is 0 Å². The molecule has 5 nitrogen and oxygen atoms in total. The predicted octanol–water partition coefficient (Wildman–Crippen LogP) is 3.71. The highest BCUT2D eigenvalue weighted by Gasteiger charge is 2.38. The monoisotopic (exact) mass is 364 g/mol. The number of rotatable bonds is 2. The van der Waals surface area contributed by atoms with Gasteiger partial charge in [0.2, 0.25) is 0 Å². The molecule has 2 aromatic rings. The first-order valence-electron chi connectivity index (χ1n) is 8.77. The predicted molar refractivity (Wildman–Crippen MR) is 89.6 cm³/mol. The van der Waals surface area contributed by atoms with Gasteiger partial charge in [0.15, 0.2) is 11.5 Å². The smallest absolute Gasteiger partial charge is 0.374 e. The molecule has 3 heterocycles. The number of anilines is 1. The van der Waals surface area contributed by atoms with Gasteiger partial charge < -0.3 is 9.64 Å². The van der Waals surface area contributed by atoms with Crippen molar-refractivity contribution in [2.75, 3.05) is 18.1 Å². The SMILES string of the molecule is FC(F)(F)c1cc(N2CCO[C@H]3CCCC[C@@H]32)nc(-c2ccncc2)n1. The summed E-state index contributed by atoms with van der Waals surface area (Å²) in [6.07, 6.45) is 2.55. The van der Waals surface area contributed by atoms with Crippen molar-refractivity contribution in [1.29, 1.82) is 0 Å². The third-order valence-corrected chi connectivity index (χ3v) is 4.97. The van der Waals surface area contributed by atoms with Crippen molar-refractivity contribution in [1.82, 2.24) is 15.0 Å². The molecule has 1 saturated heterocycles. The fourth-order valence-electron chi connectivity index (χ4n) is 3.74. The molecule has 2 atom stereocenters. The number of fused-ring (bicyclic) bond motifs is 1. The van der Waals surface area contributed by atoms with E-state index in [1.54, 1.807) is 12.1 Å². The van der Waals surface area contributed by atoms with Crippen LogP contribution in [0.15, 0.2) is 30.6 Å². The number of ether oxygens (including phenoxy) is 1. The van der Waals surface area contributed by atoms with Gasteiger partial charge in [-0.05, 0) is 25.0 Å². The van der Waals surface area contributed by atoms with Crippen molar-refractivity contribution in [3.63, 3.8) is 0 Å². The Kier molecular flexibility index (Phi) is 4.52. The van der Waals surface area contributed by atoms with Gasteiger partial charge in [-0.25, -0.2) is 9.97 Å². The van der Waals surface area contributed by atoms with E-state index in [0.717, 1.165) is 31.7 Å². The van der Waals surface area contributed by atoms with Crippen LogP contribution < -0.4 is 4.90 Å². The standard InChI is InChI=1S/C18H19F3N4O/c19-18(20,21)15-11-16(24-17(23-15)12-5-7-22-8-6-12)25-9-10-26-14-4-2-1-3-13(14)25/h5-8,11,13-14H,1-4,9-10H2/t13-,14-/m0/s1. The molecule has 0 radical (unpaired) electrons. The van der Waals surface area contributed by atoms with Crippen molar-refractivity contribution in [3.05, 3.63) is 36.3 Å². The van der Waals surface area contributed by atoms with E-state index in [1.165, 1.54) is 12.4 Å². The first-order valence-corrected chi connectivity index (χ1v) is 8.77. The molecule has 0 aromatic carbocycles. The Labute approximate surface area is 149 Å². The number of alkyl halides is 3.